The van der Waals surface area contributed by atoms with Crippen LogP contribution in [0.3, 0.4) is 0 Å². The lowest BCUT2D eigenvalue weighted by atomic mass is 9.87. The van der Waals surface area contributed by atoms with Crippen LogP contribution in [0.2, 0.25) is 0 Å². The molecule has 0 saturated heterocycles. The van der Waals surface area contributed by atoms with Gasteiger partial charge in [-0.05, 0) is 67.7 Å². The number of ether oxygens (including phenoxy) is 1. The number of fused-ring (bicyclic) bond motifs is 2. The lowest BCUT2D eigenvalue weighted by Crippen LogP contribution is -2.26. The predicted octanol–water partition coefficient (Wildman–Crippen LogP) is 4.64. The van der Waals surface area contributed by atoms with E-state index in [1.807, 2.05) is 13.0 Å². The van der Waals surface area contributed by atoms with Gasteiger partial charge in [-0.25, -0.2) is 14.4 Å². The van der Waals surface area contributed by atoms with Crippen molar-refractivity contribution in [2.24, 2.45) is 17.3 Å². The third kappa shape index (κ3) is 4.23. The minimum absolute atomic E-state index is 0.0441. The van der Waals surface area contributed by atoms with Crippen LogP contribution in [0.25, 0.3) is 10.9 Å². The van der Waals surface area contributed by atoms with Crippen molar-refractivity contribution in [3.05, 3.63) is 54.4 Å². The fourth-order valence-corrected chi connectivity index (χ4v) is 5.26. The van der Waals surface area contributed by atoms with Gasteiger partial charge in [0.25, 0.3) is 0 Å². The lowest BCUT2D eigenvalue weighted by molar-refractivity contribution is -0.120. The Bertz CT molecular complexity index is 1240. The second-order valence-electron chi connectivity index (χ2n) is 9.11. The van der Waals surface area contributed by atoms with E-state index in [0.29, 0.717) is 28.4 Å². The number of aromatic nitrogens is 3. The van der Waals surface area contributed by atoms with E-state index in [0.717, 1.165) is 32.1 Å². The quantitative estimate of drug-likeness (QED) is 0.569. The van der Waals surface area contributed by atoms with E-state index in [1.54, 1.807) is 18.3 Å². The van der Waals surface area contributed by atoms with E-state index in [9.17, 15) is 9.18 Å². The summed E-state index contributed by atoms with van der Waals surface area (Å²) in [6.45, 7) is 2.02. The monoisotopic (exact) mass is 445 g/mol. The van der Waals surface area contributed by atoms with Gasteiger partial charge in [0.15, 0.2) is 11.5 Å². The highest BCUT2D eigenvalue weighted by Gasteiger charge is 2.61. The zero-order chi connectivity index (χ0) is 23.0. The van der Waals surface area contributed by atoms with Gasteiger partial charge in [-0.15, -0.1) is 0 Å². The predicted molar refractivity (Wildman–Crippen MR) is 120 cm³/mol. The van der Waals surface area contributed by atoms with Crippen molar-refractivity contribution in [3.63, 3.8) is 0 Å². The molecule has 168 valence electrons. The van der Waals surface area contributed by atoms with Gasteiger partial charge < -0.3 is 10.1 Å². The van der Waals surface area contributed by atoms with Crippen molar-refractivity contribution in [2.45, 2.75) is 45.1 Å². The normalized spacial score (nSPS) is 24.0. The maximum absolute atomic E-state index is 13.8. The summed E-state index contributed by atoms with van der Waals surface area (Å²) in [6.07, 6.45) is 8.95. The molecule has 1 amide bonds. The Kier molecular flexibility index (Phi) is 5.41. The van der Waals surface area contributed by atoms with Crippen molar-refractivity contribution < 1.29 is 13.9 Å². The molecule has 2 aliphatic carbocycles. The topological polar surface area (TPSA) is 101 Å². The molecule has 2 fully saturated rings. The number of nitrogens with zero attached hydrogens (tertiary/aromatic N) is 4. The van der Waals surface area contributed by atoms with E-state index < -0.39 is 0 Å². The molecule has 2 aromatic heterocycles. The summed E-state index contributed by atoms with van der Waals surface area (Å²) < 4.78 is 20.1. The van der Waals surface area contributed by atoms with Gasteiger partial charge in [-0.1, -0.05) is 6.92 Å². The molecule has 2 heterocycles. The molecule has 3 aromatic rings. The van der Waals surface area contributed by atoms with Crippen LogP contribution in [0.5, 0.6) is 5.75 Å². The van der Waals surface area contributed by atoms with Gasteiger partial charge in [0, 0.05) is 17.5 Å². The van der Waals surface area contributed by atoms with E-state index in [1.165, 1.54) is 24.5 Å². The van der Waals surface area contributed by atoms with Crippen LogP contribution in [0, 0.1) is 34.4 Å². The summed E-state index contributed by atoms with van der Waals surface area (Å²) in [5.41, 5.74) is 1.04. The number of amides is 1. The molecular weight excluding hydrogens is 421 g/mol. The summed E-state index contributed by atoms with van der Waals surface area (Å²) >= 11 is 0. The van der Waals surface area contributed by atoms with E-state index >= 15 is 0 Å². The van der Waals surface area contributed by atoms with Crippen molar-refractivity contribution >= 4 is 22.6 Å². The number of hydrogen-bond acceptors (Lipinski definition) is 6. The van der Waals surface area contributed by atoms with Crippen molar-refractivity contribution in [1.82, 2.24) is 15.0 Å². The van der Waals surface area contributed by atoms with Crippen molar-refractivity contribution in [2.75, 3.05) is 5.32 Å². The number of halogens is 1. The highest BCUT2D eigenvalue weighted by molar-refractivity contribution is 5.91. The first-order valence-electron chi connectivity index (χ1n) is 11.2. The smallest absolute Gasteiger partial charge is 0.228 e. The highest BCUT2D eigenvalue weighted by Crippen LogP contribution is 2.67. The molecule has 0 bridgehead atoms. The van der Waals surface area contributed by atoms with Gasteiger partial charge in [0.2, 0.25) is 5.91 Å². The van der Waals surface area contributed by atoms with Crippen molar-refractivity contribution in [1.29, 1.82) is 5.26 Å². The number of anilines is 1. The van der Waals surface area contributed by atoms with Crippen LogP contribution in [-0.4, -0.2) is 27.0 Å². The number of carbonyl (C=O) groups is 1. The number of pyridine rings is 1. The molecule has 5 rings (SSSR count). The Morgan fingerprint density at radius 1 is 1.30 bits per heavy atom. The van der Waals surface area contributed by atoms with Crippen LogP contribution < -0.4 is 10.1 Å². The number of carbonyl (C=O) groups excluding carboxylic acids is 1. The molecule has 4 atom stereocenters. The Morgan fingerprint density at radius 3 is 2.94 bits per heavy atom. The number of nitriles is 1. The molecule has 1 unspecified atom stereocenters. The summed E-state index contributed by atoms with van der Waals surface area (Å²) in [6, 6.07) is 8.23. The summed E-state index contributed by atoms with van der Waals surface area (Å²) in [4.78, 5) is 25.2. The maximum atomic E-state index is 13.8. The molecule has 1 N–H and O–H groups in total. The molecule has 7 nitrogen and oxygen atoms in total. The molecular formula is C25H24FN5O2. The number of nitrogens with one attached hydrogen (secondary N) is 1. The van der Waals surface area contributed by atoms with E-state index in [2.05, 4.69) is 20.3 Å². The van der Waals surface area contributed by atoms with E-state index in [4.69, 9.17) is 10.00 Å². The molecule has 1 aromatic carbocycles. The third-order valence-electron chi connectivity index (χ3n) is 7.03. The number of hydrogen-bond donors (Lipinski definition) is 1. The minimum Gasteiger partial charge on any atom is -0.490 e. The summed E-state index contributed by atoms with van der Waals surface area (Å²) in [7, 11) is 0. The summed E-state index contributed by atoms with van der Waals surface area (Å²) in [5.74, 6) is 1.04. The average Bonchev–Trinajstić information content (AvgIpc) is 3.37. The molecule has 8 heteroatoms. The molecule has 33 heavy (non-hydrogen) atoms. The zero-order valence-corrected chi connectivity index (χ0v) is 18.3. The van der Waals surface area contributed by atoms with Crippen LogP contribution in [0.4, 0.5) is 10.2 Å². The number of benzene rings is 1. The first kappa shape index (κ1) is 21.3. The molecule has 2 aliphatic rings. The first-order chi connectivity index (χ1) is 16.0. The van der Waals surface area contributed by atoms with Gasteiger partial charge in [0.05, 0.1) is 24.0 Å². The van der Waals surface area contributed by atoms with Gasteiger partial charge >= 0.3 is 0 Å². The largest absolute Gasteiger partial charge is 0.490 e. The lowest BCUT2D eigenvalue weighted by Gasteiger charge is -2.22. The second-order valence-corrected chi connectivity index (χ2v) is 9.11. The minimum atomic E-state index is -0.310. The highest BCUT2D eigenvalue weighted by atomic mass is 19.1. The van der Waals surface area contributed by atoms with Crippen LogP contribution in [0.1, 0.15) is 44.7 Å². The summed E-state index contributed by atoms with van der Waals surface area (Å²) in [5, 5.41) is 12.4. The van der Waals surface area contributed by atoms with Crippen LogP contribution in [0.15, 0.2) is 42.9 Å². The van der Waals surface area contributed by atoms with Gasteiger partial charge in [-0.3, -0.25) is 9.78 Å². The Morgan fingerprint density at radius 2 is 2.18 bits per heavy atom. The fraction of sp³-hybridized carbons (Fsp3) is 0.400. The fourth-order valence-electron chi connectivity index (χ4n) is 5.26. The second kappa shape index (κ2) is 8.39. The van der Waals surface area contributed by atoms with Crippen LogP contribution >= 0.6 is 0 Å². The SMILES string of the molecule is CCC(C[C@@]12C[C@@H](Oc3ccnc4ccc(F)cc34)C[C@@H]1C2)C(=O)Nc1cnc(C#N)cn1. The first-order valence-corrected chi connectivity index (χ1v) is 11.2. The third-order valence-corrected chi connectivity index (χ3v) is 7.03. The standard InChI is InChI=1S/C25H24FN5O2/c1-2-15(24(32)31-23-14-29-18(12-27)13-30-23)9-25-10-16(25)7-19(11-25)33-22-5-6-28-21-4-3-17(26)8-20(21)22/h3-6,8,13-16,19H,2,7,9-11H2,1H3,(H,30,31,32)/t15?,16-,19+,25-/m1/s1. The van der Waals surface area contributed by atoms with E-state index in [-0.39, 0.29) is 34.9 Å². The molecule has 0 spiro atoms. The number of rotatable bonds is 7. The molecule has 0 aliphatic heterocycles. The Hall–Kier alpha value is -3.60. The molecule has 0 radical (unpaired) electrons. The zero-order valence-electron chi connectivity index (χ0n) is 18.3. The average molecular weight is 445 g/mol. The van der Waals surface area contributed by atoms with Gasteiger partial charge in [-0.2, -0.15) is 5.26 Å². The van der Waals surface area contributed by atoms with Gasteiger partial charge in [0.1, 0.15) is 17.6 Å². The molecule has 2 saturated carbocycles. The Balaban J connectivity index is 1.23. The maximum Gasteiger partial charge on any atom is 0.228 e. The Labute approximate surface area is 191 Å². The van der Waals surface area contributed by atoms with Crippen molar-refractivity contribution in [3.8, 4) is 11.8 Å². The van der Waals surface area contributed by atoms with Crippen LogP contribution in [-0.2, 0) is 4.79 Å².